The number of aromatic amines is 1. The van der Waals surface area contributed by atoms with Crippen LogP contribution < -0.4 is 4.74 Å². The number of halogens is 1. The molecule has 0 amide bonds. The molecule has 20 heavy (non-hydrogen) atoms. The first-order valence-electron chi connectivity index (χ1n) is 6.29. The normalized spacial score (nSPS) is 10.4. The number of rotatable bonds is 4. The Morgan fingerprint density at radius 1 is 1.00 bits per heavy atom. The standard InChI is InChI=1S/C16H13ClN2O/c17-13-8-6-12(7-9-13)16-15(18-11-19-16)10-20-14-4-2-1-3-5-14/h1-9,11H,10H2,(H,18,19). The van der Waals surface area contributed by atoms with Gasteiger partial charge in [0, 0.05) is 10.6 Å². The van der Waals surface area contributed by atoms with Crippen LogP contribution in [0.3, 0.4) is 0 Å². The minimum Gasteiger partial charge on any atom is -0.487 e. The quantitative estimate of drug-likeness (QED) is 0.775. The van der Waals surface area contributed by atoms with E-state index in [0.717, 1.165) is 22.7 Å². The summed E-state index contributed by atoms with van der Waals surface area (Å²) in [6.07, 6.45) is 1.67. The van der Waals surface area contributed by atoms with Gasteiger partial charge in [0.2, 0.25) is 0 Å². The van der Waals surface area contributed by atoms with Crippen LogP contribution in [0, 0.1) is 0 Å². The fourth-order valence-electron chi connectivity index (χ4n) is 1.96. The summed E-state index contributed by atoms with van der Waals surface area (Å²) in [5.74, 6) is 0.837. The molecule has 3 aromatic rings. The van der Waals surface area contributed by atoms with Crippen molar-refractivity contribution in [1.82, 2.24) is 9.97 Å². The predicted molar refractivity (Wildman–Crippen MR) is 79.8 cm³/mol. The highest BCUT2D eigenvalue weighted by Gasteiger charge is 2.08. The van der Waals surface area contributed by atoms with E-state index in [9.17, 15) is 0 Å². The van der Waals surface area contributed by atoms with Crippen LogP contribution >= 0.6 is 11.6 Å². The van der Waals surface area contributed by atoms with E-state index in [-0.39, 0.29) is 0 Å². The second-order valence-electron chi connectivity index (χ2n) is 4.34. The van der Waals surface area contributed by atoms with Gasteiger partial charge in [-0.1, -0.05) is 41.9 Å². The summed E-state index contributed by atoms with van der Waals surface area (Å²) in [5.41, 5.74) is 2.84. The topological polar surface area (TPSA) is 37.9 Å². The van der Waals surface area contributed by atoms with Gasteiger partial charge in [-0.15, -0.1) is 0 Å². The molecule has 0 spiro atoms. The maximum absolute atomic E-state index is 5.90. The van der Waals surface area contributed by atoms with Gasteiger partial charge in [0.05, 0.1) is 17.7 Å². The third-order valence-electron chi connectivity index (χ3n) is 2.96. The van der Waals surface area contributed by atoms with Crippen LogP contribution in [0.15, 0.2) is 60.9 Å². The molecule has 3 nitrogen and oxygen atoms in total. The maximum atomic E-state index is 5.90. The first-order valence-corrected chi connectivity index (χ1v) is 6.67. The molecule has 0 unspecified atom stereocenters. The third-order valence-corrected chi connectivity index (χ3v) is 3.21. The van der Waals surface area contributed by atoms with Crippen molar-refractivity contribution in [3.05, 3.63) is 71.6 Å². The summed E-state index contributed by atoms with van der Waals surface area (Å²) in [6.45, 7) is 0.446. The summed E-state index contributed by atoms with van der Waals surface area (Å²) in [7, 11) is 0. The number of hydrogen-bond donors (Lipinski definition) is 1. The highest BCUT2D eigenvalue weighted by molar-refractivity contribution is 6.30. The van der Waals surface area contributed by atoms with Gasteiger partial charge >= 0.3 is 0 Å². The molecule has 0 aliphatic rings. The molecular weight excluding hydrogens is 272 g/mol. The van der Waals surface area contributed by atoms with Gasteiger partial charge in [-0.3, -0.25) is 0 Å². The van der Waals surface area contributed by atoms with Gasteiger partial charge < -0.3 is 9.72 Å². The summed E-state index contributed by atoms with van der Waals surface area (Å²) < 4.78 is 5.74. The fourth-order valence-corrected chi connectivity index (χ4v) is 2.09. The average Bonchev–Trinajstić information content (AvgIpc) is 2.95. The lowest BCUT2D eigenvalue weighted by Crippen LogP contribution is -1.97. The first kappa shape index (κ1) is 12.8. The molecule has 1 N–H and O–H groups in total. The molecule has 1 heterocycles. The zero-order chi connectivity index (χ0) is 13.8. The lowest BCUT2D eigenvalue weighted by molar-refractivity contribution is 0.302. The van der Waals surface area contributed by atoms with Crippen LogP contribution in [-0.2, 0) is 6.61 Å². The minimum absolute atomic E-state index is 0.446. The maximum Gasteiger partial charge on any atom is 0.130 e. The highest BCUT2D eigenvalue weighted by Crippen LogP contribution is 2.23. The summed E-state index contributed by atoms with van der Waals surface area (Å²) >= 11 is 5.90. The number of ether oxygens (including phenoxy) is 1. The third kappa shape index (κ3) is 2.83. The number of benzene rings is 2. The number of nitrogens with zero attached hydrogens (tertiary/aromatic N) is 1. The van der Waals surface area contributed by atoms with Crippen molar-refractivity contribution < 1.29 is 4.74 Å². The van der Waals surface area contributed by atoms with E-state index in [1.807, 2.05) is 54.6 Å². The van der Waals surface area contributed by atoms with Gasteiger partial charge in [-0.05, 0) is 24.3 Å². The van der Waals surface area contributed by atoms with Gasteiger partial charge in [0.25, 0.3) is 0 Å². The number of para-hydroxylation sites is 1. The average molecular weight is 285 g/mol. The molecule has 0 fully saturated rings. The lowest BCUT2D eigenvalue weighted by Gasteiger charge is -2.06. The Kier molecular flexibility index (Phi) is 3.70. The van der Waals surface area contributed by atoms with E-state index in [1.165, 1.54) is 0 Å². The molecule has 4 heteroatoms. The number of imidazole rings is 1. The van der Waals surface area contributed by atoms with Gasteiger partial charge in [0.1, 0.15) is 12.4 Å². The van der Waals surface area contributed by atoms with E-state index in [2.05, 4.69) is 9.97 Å². The molecule has 0 saturated heterocycles. The Hall–Kier alpha value is -2.26. The Morgan fingerprint density at radius 3 is 2.50 bits per heavy atom. The molecule has 2 aromatic carbocycles. The zero-order valence-corrected chi connectivity index (χ0v) is 11.5. The van der Waals surface area contributed by atoms with Crippen LogP contribution in [0.2, 0.25) is 5.02 Å². The second-order valence-corrected chi connectivity index (χ2v) is 4.77. The SMILES string of the molecule is Clc1ccc(-c2nc[nH]c2COc2ccccc2)cc1. The van der Waals surface area contributed by atoms with E-state index in [4.69, 9.17) is 16.3 Å². The van der Waals surface area contributed by atoms with E-state index >= 15 is 0 Å². The Balaban J connectivity index is 1.78. The van der Waals surface area contributed by atoms with Crippen LogP contribution in [-0.4, -0.2) is 9.97 Å². The molecule has 0 radical (unpaired) electrons. The number of nitrogens with one attached hydrogen (secondary N) is 1. The van der Waals surface area contributed by atoms with Gasteiger partial charge in [0.15, 0.2) is 0 Å². The molecule has 100 valence electrons. The molecule has 3 rings (SSSR count). The van der Waals surface area contributed by atoms with E-state index in [0.29, 0.717) is 11.6 Å². The van der Waals surface area contributed by atoms with Crippen molar-refractivity contribution in [3.63, 3.8) is 0 Å². The molecular formula is C16H13ClN2O. The summed E-state index contributed by atoms with van der Waals surface area (Å²) in [6, 6.07) is 17.3. The fraction of sp³-hybridized carbons (Fsp3) is 0.0625. The smallest absolute Gasteiger partial charge is 0.130 e. The summed E-state index contributed by atoms with van der Waals surface area (Å²) in [5, 5.41) is 0.714. The molecule has 0 saturated carbocycles. The highest BCUT2D eigenvalue weighted by atomic mass is 35.5. The van der Waals surface area contributed by atoms with Crippen LogP contribution in [0.25, 0.3) is 11.3 Å². The van der Waals surface area contributed by atoms with Crippen LogP contribution in [0.5, 0.6) is 5.75 Å². The van der Waals surface area contributed by atoms with Gasteiger partial charge in [-0.25, -0.2) is 4.98 Å². The van der Waals surface area contributed by atoms with E-state index < -0.39 is 0 Å². The number of aromatic nitrogens is 2. The monoisotopic (exact) mass is 284 g/mol. The Labute approximate surface area is 122 Å². The Bertz CT molecular complexity index is 677. The minimum atomic E-state index is 0.446. The molecule has 0 aliphatic heterocycles. The Morgan fingerprint density at radius 2 is 1.75 bits per heavy atom. The van der Waals surface area contributed by atoms with Crippen LogP contribution in [0.1, 0.15) is 5.69 Å². The molecule has 0 atom stereocenters. The molecule has 1 aromatic heterocycles. The lowest BCUT2D eigenvalue weighted by atomic mass is 10.1. The first-order chi connectivity index (χ1) is 9.83. The predicted octanol–water partition coefficient (Wildman–Crippen LogP) is 4.31. The van der Waals surface area contributed by atoms with E-state index in [1.54, 1.807) is 6.33 Å². The van der Waals surface area contributed by atoms with Crippen LogP contribution in [0.4, 0.5) is 0 Å². The number of H-pyrrole nitrogens is 1. The van der Waals surface area contributed by atoms with Crippen molar-refractivity contribution in [2.24, 2.45) is 0 Å². The van der Waals surface area contributed by atoms with Crippen molar-refractivity contribution in [2.75, 3.05) is 0 Å². The number of hydrogen-bond acceptors (Lipinski definition) is 2. The summed E-state index contributed by atoms with van der Waals surface area (Å²) in [4.78, 5) is 7.47. The molecule has 0 bridgehead atoms. The van der Waals surface area contributed by atoms with Crippen molar-refractivity contribution in [3.8, 4) is 17.0 Å². The molecule has 0 aliphatic carbocycles. The zero-order valence-electron chi connectivity index (χ0n) is 10.7. The van der Waals surface area contributed by atoms with Crippen molar-refractivity contribution in [2.45, 2.75) is 6.61 Å². The largest absolute Gasteiger partial charge is 0.487 e. The van der Waals surface area contributed by atoms with Crippen molar-refractivity contribution >= 4 is 11.6 Å². The van der Waals surface area contributed by atoms with Crippen molar-refractivity contribution in [1.29, 1.82) is 0 Å². The second kappa shape index (κ2) is 5.80. The van der Waals surface area contributed by atoms with Gasteiger partial charge in [-0.2, -0.15) is 0 Å².